The second kappa shape index (κ2) is 6.27. The van der Waals surface area contributed by atoms with Crippen molar-refractivity contribution in [1.82, 2.24) is 9.78 Å². The monoisotopic (exact) mass is 277 g/mol. The summed E-state index contributed by atoms with van der Waals surface area (Å²) in [5, 5.41) is 7.70. The topological polar surface area (TPSA) is 29.9 Å². The Morgan fingerprint density at radius 1 is 0.952 bits per heavy atom. The second-order valence-electron chi connectivity index (χ2n) is 5.00. The zero-order valence-corrected chi connectivity index (χ0v) is 12.2. The van der Waals surface area contributed by atoms with E-state index < -0.39 is 0 Å². The van der Waals surface area contributed by atoms with Gasteiger partial charge in [-0.1, -0.05) is 42.5 Å². The number of hydrogen-bond acceptors (Lipinski definition) is 2. The summed E-state index contributed by atoms with van der Waals surface area (Å²) in [6.07, 6.45) is 3.99. The van der Waals surface area contributed by atoms with Gasteiger partial charge < -0.3 is 5.32 Å². The van der Waals surface area contributed by atoms with Crippen LogP contribution in [0.5, 0.6) is 0 Å². The molecule has 2 aromatic carbocycles. The molecule has 0 fully saturated rings. The standard InChI is InChI=1S/C18H19N3/c1-2-21-14-15(13-20-21)12-19-18-10-8-17(9-11-18)16-6-4-3-5-7-16/h3-11,13-14,19H,2,12H2,1H3. The molecule has 0 aliphatic carbocycles. The van der Waals surface area contributed by atoms with Crippen LogP contribution in [-0.2, 0) is 13.1 Å². The first kappa shape index (κ1) is 13.4. The van der Waals surface area contributed by atoms with E-state index in [1.807, 2.05) is 16.9 Å². The third-order valence-corrected chi connectivity index (χ3v) is 3.50. The van der Waals surface area contributed by atoms with Crippen LogP contribution in [0.1, 0.15) is 12.5 Å². The van der Waals surface area contributed by atoms with Crippen molar-refractivity contribution in [3.63, 3.8) is 0 Å². The van der Waals surface area contributed by atoms with Crippen molar-refractivity contribution in [1.29, 1.82) is 0 Å². The number of hydrogen-bond donors (Lipinski definition) is 1. The molecule has 3 rings (SSSR count). The molecule has 21 heavy (non-hydrogen) atoms. The molecule has 1 heterocycles. The molecule has 3 heteroatoms. The molecule has 0 aliphatic rings. The third kappa shape index (κ3) is 3.31. The molecule has 0 amide bonds. The van der Waals surface area contributed by atoms with Gasteiger partial charge in [-0.05, 0) is 30.2 Å². The van der Waals surface area contributed by atoms with Crippen LogP contribution in [0, 0.1) is 0 Å². The molecule has 0 saturated heterocycles. The minimum absolute atomic E-state index is 0.796. The lowest BCUT2D eigenvalue weighted by Crippen LogP contribution is -1.98. The SMILES string of the molecule is CCn1cc(CNc2ccc(-c3ccccc3)cc2)cn1. The Hall–Kier alpha value is -2.55. The highest BCUT2D eigenvalue weighted by Gasteiger charge is 1.99. The Labute approximate surface area is 125 Å². The maximum absolute atomic E-state index is 4.28. The summed E-state index contributed by atoms with van der Waals surface area (Å²) >= 11 is 0. The van der Waals surface area contributed by atoms with Gasteiger partial charge in [-0.25, -0.2) is 0 Å². The van der Waals surface area contributed by atoms with Crippen LogP contribution in [0.2, 0.25) is 0 Å². The van der Waals surface area contributed by atoms with E-state index in [-0.39, 0.29) is 0 Å². The fraction of sp³-hybridized carbons (Fsp3) is 0.167. The van der Waals surface area contributed by atoms with Gasteiger partial charge in [0.1, 0.15) is 0 Å². The van der Waals surface area contributed by atoms with E-state index in [1.54, 1.807) is 0 Å². The van der Waals surface area contributed by atoms with Gasteiger partial charge in [0.2, 0.25) is 0 Å². The van der Waals surface area contributed by atoms with Crippen molar-refractivity contribution in [2.24, 2.45) is 0 Å². The molecule has 1 aromatic heterocycles. The summed E-state index contributed by atoms with van der Waals surface area (Å²) in [6.45, 7) is 3.79. The first-order valence-corrected chi connectivity index (χ1v) is 7.26. The van der Waals surface area contributed by atoms with Crippen LogP contribution in [0.4, 0.5) is 5.69 Å². The van der Waals surface area contributed by atoms with Crippen molar-refractivity contribution < 1.29 is 0 Å². The molecule has 0 saturated carbocycles. The van der Waals surface area contributed by atoms with Gasteiger partial charge in [0.15, 0.2) is 0 Å². The summed E-state index contributed by atoms with van der Waals surface area (Å²) in [4.78, 5) is 0. The number of benzene rings is 2. The maximum atomic E-state index is 4.28. The molecule has 0 aliphatic heterocycles. The maximum Gasteiger partial charge on any atom is 0.0539 e. The summed E-state index contributed by atoms with van der Waals surface area (Å²) in [5.74, 6) is 0. The van der Waals surface area contributed by atoms with E-state index in [4.69, 9.17) is 0 Å². The minimum Gasteiger partial charge on any atom is -0.381 e. The van der Waals surface area contributed by atoms with E-state index in [2.05, 4.69) is 72.1 Å². The number of aromatic nitrogens is 2. The van der Waals surface area contributed by atoms with Crippen molar-refractivity contribution in [3.05, 3.63) is 72.6 Å². The Morgan fingerprint density at radius 2 is 1.67 bits per heavy atom. The van der Waals surface area contributed by atoms with Crippen LogP contribution in [-0.4, -0.2) is 9.78 Å². The van der Waals surface area contributed by atoms with Crippen LogP contribution in [0.25, 0.3) is 11.1 Å². The first-order valence-electron chi connectivity index (χ1n) is 7.26. The molecule has 0 radical (unpaired) electrons. The predicted molar refractivity (Wildman–Crippen MR) is 87.1 cm³/mol. The van der Waals surface area contributed by atoms with Crippen LogP contribution in [0.15, 0.2) is 67.0 Å². The molecule has 0 unspecified atom stereocenters. The van der Waals surface area contributed by atoms with Gasteiger partial charge in [0.05, 0.1) is 6.20 Å². The summed E-state index contributed by atoms with van der Waals surface area (Å²) in [7, 11) is 0. The Morgan fingerprint density at radius 3 is 2.33 bits per heavy atom. The first-order chi connectivity index (χ1) is 10.3. The van der Waals surface area contributed by atoms with Gasteiger partial charge in [0.25, 0.3) is 0 Å². The number of aryl methyl sites for hydroxylation is 1. The molecule has 3 aromatic rings. The molecule has 1 N–H and O–H groups in total. The largest absolute Gasteiger partial charge is 0.381 e. The predicted octanol–water partition coefficient (Wildman–Crippen LogP) is 4.18. The van der Waals surface area contributed by atoms with Crippen LogP contribution < -0.4 is 5.32 Å². The van der Waals surface area contributed by atoms with E-state index >= 15 is 0 Å². The lowest BCUT2D eigenvalue weighted by Gasteiger charge is -2.06. The van der Waals surface area contributed by atoms with Crippen molar-refractivity contribution in [3.8, 4) is 11.1 Å². The fourth-order valence-corrected chi connectivity index (χ4v) is 2.29. The molecule has 0 spiro atoms. The molecule has 0 atom stereocenters. The van der Waals surface area contributed by atoms with Gasteiger partial charge in [0, 0.05) is 30.5 Å². The third-order valence-electron chi connectivity index (χ3n) is 3.50. The molecule has 106 valence electrons. The Kier molecular flexibility index (Phi) is 4.01. The van der Waals surface area contributed by atoms with Crippen molar-refractivity contribution in [2.45, 2.75) is 20.0 Å². The highest BCUT2D eigenvalue weighted by molar-refractivity contribution is 5.65. The van der Waals surface area contributed by atoms with Gasteiger partial charge in [-0.3, -0.25) is 4.68 Å². The Bertz CT molecular complexity index is 684. The summed E-state index contributed by atoms with van der Waals surface area (Å²) < 4.78 is 1.94. The number of nitrogens with zero attached hydrogens (tertiary/aromatic N) is 2. The van der Waals surface area contributed by atoms with E-state index in [0.29, 0.717) is 0 Å². The number of rotatable bonds is 5. The zero-order valence-electron chi connectivity index (χ0n) is 12.2. The quantitative estimate of drug-likeness (QED) is 0.758. The van der Waals surface area contributed by atoms with E-state index in [0.717, 1.165) is 18.8 Å². The van der Waals surface area contributed by atoms with E-state index in [9.17, 15) is 0 Å². The van der Waals surface area contributed by atoms with Crippen molar-refractivity contribution >= 4 is 5.69 Å². The lowest BCUT2D eigenvalue weighted by molar-refractivity contribution is 0.659. The minimum atomic E-state index is 0.796. The average molecular weight is 277 g/mol. The van der Waals surface area contributed by atoms with E-state index in [1.165, 1.54) is 16.7 Å². The smallest absolute Gasteiger partial charge is 0.0539 e. The zero-order chi connectivity index (χ0) is 14.5. The normalized spacial score (nSPS) is 10.5. The summed E-state index contributed by atoms with van der Waals surface area (Å²) in [6, 6.07) is 18.9. The lowest BCUT2D eigenvalue weighted by atomic mass is 10.1. The average Bonchev–Trinajstić information content (AvgIpc) is 3.02. The highest BCUT2D eigenvalue weighted by atomic mass is 15.3. The molecule has 3 nitrogen and oxygen atoms in total. The number of nitrogens with one attached hydrogen (secondary N) is 1. The Balaban J connectivity index is 1.64. The van der Waals surface area contributed by atoms with Gasteiger partial charge >= 0.3 is 0 Å². The van der Waals surface area contributed by atoms with Gasteiger partial charge in [-0.15, -0.1) is 0 Å². The fourth-order valence-electron chi connectivity index (χ4n) is 2.29. The number of anilines is 1. The second-order valence-corrected chi connectivity index (χ2v) is 5.00. The molecular formula is C18H19N3. The van der Waals surface area contributed by atoms with Crippen LogP contribution in [0.3, 0.4) is 0 Å². The molecular weight excluding hydrogens is 258 g/mol. The van der Waals surface area contributed by atoms with Gasteiger partial charge in [-0.2, -0.15) is 5.10 Å². The highest BCUT2D eigenvalue weighted by Crippen LogP contribution is 2.21. The molecule has 0 bridgehead atoms. The van der Waals surface area contributed by atoms with Crippen LogP contribution >= 0.6 is 0 Å². The van der Waals surface area contributed by atoms with Crippen molar-refractivity contribution in [2.75, 3.05) is 5.32 Å². The summed E-state index contributed by atoms with van der Waals surface area (Å²) in [5.41, 5.74) is 4.80.